The van der Waals surface area contributed by atoms with Gasteiger partial charge in [-0.1, -0.05) is 19.3 Å². The zero-order valence-corrected chi connectivity index (χ0v) is 14.2. The lowest BCUT2D eigenvalue weighted by Crippen LogP contribution is -2.37. The third-order valence-corrected chi connectivity index (χ3v) is 6.29. The van der Waals surface area contributed by atoms with Gasteiger partial charge in [-0.05, 0) is 70.6 Å². The lowest BCUT2D eigenvalue weighted by Gasteiger charge is -2.31. The molecule has 2 N–H and O–H groups in total. The summed E-state index contributed by atoms with van der Waals surface area (Å²) < 4.78 is 0. The summed E-state index contributed by atoms with van der Waals surface area (Å²) in [5.41, 5.74) is 0.369. The fourth-order valence-electron chi connectivity index (χ4n) is 4.56. The Hall–Kier alpha value is -0.610. The first kappa shape index (κ1) is 16.3. The van der Waals surface area contributed by atoms with Gasteiger partial charge in [0.15, 0.2) is 0 Å². The molecule has 1 spiro atoms. The molecule has 0 bridgehead atoms. The molecule has 1 heterocycles. The van der Waals surface area contributed by atoms with E-state index < -0.39 is 0 Å². The Kier molecular flexibility index (Phi) is 5.40. The molecule has 4 nitrogen and oxygen atoms in total. The molecule has 3 rings (SSSR count). The number of nitrogens with zero attached hydrogens (tertiary/aromatic N) is 1. The maximum atomic E-state index is 12.3. The van der Waals surface area contributed by atoms with Crippen molar-refractivity contribution < 1.29 is 4.79 Å². The second-order valence-corrected chi connectivity index (χ2v) is 7.79. The van der Waals surface area contributed by atoms with E-state index in [1.165, 1.54) is 44.9 Å². The molecule has 1 saturated heterocycles. The van der Waals surface area contributed by atoms with E-state index in [1.807, 2.05) is 0 Å². The van der Waals surface area contributed by atoms with Gasteiger partial charge in [-0.15, -0.1) is 0 Å². The second kappa shape index (κ2) is 7.31. The van der Waals surface area contributed by atoms with E-state index in [-0.39, 0.29) is 0 Å². The van der Waals surface area contributed by atoms with Crippen LogP contribution in [0.25, 0.3) is 0 Å². The normalized spacial score (nSPS) is 28.0. The molecular formula is C18H33N3O. The van der Waals surface area contributed by atoms with Gasteiger partial charge in [0.1, 0.15) is 0 Å². The van der Waals surface area contributed by atoms with E-state index in [0.29, 0.717) is 17.2 Å². The third-order valence-electron chi connectivity index (χ3n) is 6.29. The fraction of sp³-hybridized carbons (Fsp3) is 0.944. The van der Waals surface area contributed by atoms with Gasteiger partial charge in [-0.25, -0.2) is 0 Å². The molecule has 0 aromatic heterocycles. The molecule has 0 aromatic rings. The van der Waals surface area contributed by atoms with Gasteiger partial charge in [0, 0.05) is 18.5 Å². The first-order valence-electron chi connectivity index (χ1n) is 9.40. The monoisotopic (exact) mass is 307 g/mol. The lowest BCUT2D eigenvalue weighted by atomic mass is 9.92. The Balaban J connectivity index is 1.29. The van der Waals surface area contributed by atoms with Crippen LogP contribution in [0.4, 0.5) is 0 Å². The molecule has 1 amide bonds. The second-order valence-electron chi connectivity index (χ2n) is 7.79. The number of rotatable bonds is 6. The Labute approximate surface area is 135 Å². The number of nitrogens with one attached hydrogen (secondary N) is 2. The average Bonchev–Trinajstić information content (AvgIpc) is 3.26. The zero-order valence-electron chi connectivity index (χ0n) is 14.2. The van der Waals surface area contributed by atoms with Crippen LogP contribution in [0, 0.1) is 11.3 Å². The number of carbonyl (C=O) groups excluding carboxylic acids is 1. The number of carbonyl (C=O) groups is 1. The predicted octanol–water partition coefficient (Wildman–Crippen LogP) is 2.15. The van der Waals surface area contributed by atoms with E-state index in [9.17, 15) is 4.79 Å². The van der Waals surface area contributed by atoms with E-state index in [4.69, 9.17) is 0 Å². The fourth-order valence-corrected chi connectivity index (χ4v) is 4.56. The van der Waals surface area contributed by atoms with Crippen molar-refractivity contribution in [3.8, 4) is 0 Å². The molecule has 2 aliphatic carbocycles. The Morgan fingerprint density at radius 1 is 1.23 bits per heavy atom. The standard InChI is InChI=1S/C18H33N3O/c1-21(15-6-3-2-4-7-15)13-5-10-20-17(22)16-14-18(16)8-11-19-12-9-18/h15-16,19H,2-14H2,1H3,(H,20,22). The average molecular weight is 307 g/mol. The largest absolute Gasteiger partial charge is 0.356 e. The van der Waals surface area contributed by atoms with Crippen molar-refractivity contribution in [1.29, 1.82) is 0 Å². The minimum Gasteiger partial charge on any atom is -0.356 e. The highest BCUT2D eigenvalue weighted by Crippen LogP contribution is 2.58. The maximum Gasteiger partial charge on any atom is 0.223 e. The summed E-state index contributed by atoms with van der Waals surface area (Å²) in [6, 6.07) is 0.783. The van der Waals surface area contributed by atoms with Gasteiger partial charge < -0.3 is 15.5 Å². The molecule has 22 heavy (non-hydrogen) atoms. The van der Waals surface area contributed by atoms with E-state index in [2.05, 4.69) is 22.6 Å². The highest BCUT2D eigenvalue weighted by atomic mass is 16.2. The Morgan fingerprint density at radius 3 is 2.68 bits per heavy atom. The summed E-state index contributed by atoms with van der Waals surface area (Å²) in [6.07, 6.45) is 11.5. The van der Waals surface area contributed by atoms with Crippen LogP contribution in [-0.2, 0) is 4.79 Å². The van der Waals surface area contributed by atoms with Crippen LogP contribution >= 0.6 is 0 Å². The van der Waals surface area contributed by atoms with Crippen molar-refractivity contribution in [2.75, 3.05) is 33.2 Å². The van der Waals surface area contributed by atoms with Crippen molar-refractivity contribution in [2.24, 2.45) is 11.3 Å². The maximum absolute atomic E-state index is 12.3. The van der Waals surface area contributed by atoms with Gasteiger partial charge >= 0.3 is 0 Å². The quantitative estimate of drug-likeness (QED) is 0.739. The SMILES string of the molecule is CN(CCCNC(=O)C1CC12CCNCC2)C1CCCCC1. The molecule has 1 aliphatic heterocycles. The minimum absolute atomic E-state index is 0.311. The molecule has 2 saturated carbocycles. The van der Waals surface area contributed by atoms with Crippen LogP contribution in [0.3, 0.4) is 0 Å². The van der Waals surface area contributed by atoms with Crippen LogP contribution in [0.1, 0.15) is 57.8 Å². The molecule has 4 heteroatoms. The topological polar surface area (TPSA) is 44.4 Å². The molecule has 0 aromatic carbocycles. The van der Waals surface area contributed by atoms with Crippen LogP contribution in [0.2, 0.25) is 0 Å². The Bertz CT molecular complexity index is 373. The minimum atomic E-state index is 0.311. The predicted molar refractivity (Wildman–Crippen MR) is 89.8 cm³/mol. The number of hydrogen-bond acceptors (Lipinski definition) is 3. The molecule has 0 radical (unpaired) electrons. The molecular weight excluding hydrogens is 274 g/mol. The van der Waals surface area contributed by atoms with Crippen LogP contribution in [0.15, 0.2) is 0 Å². The van der Waals surface area contributed by atoms with Crippen molar-refractivity contribution in [3.63, 3.8) is 0 Å². The summed E-state index contributed by atoms with van der Waals surface area (Å²) >= 11 is 0. The number of amides is 1. The highest BCUT2D eigenvalue weighted by Gasteiger charge is 2.57. The number of hydrogen-bond donors (Lipinski definition) is 2. The summed E-state index contributed by atoms with van der Waals surface area (Å²) in [5.74, 6) is 0.632. The summed E-state index contributed by atoms with van der Waals surface area (Å²) in [4.78, 5) is 14.8. The molecule has 3 aliphatic rings. The first-order valence-corrected chi connectivity index (χ1v) is 9.40. The lowest BCUT2D eigenvalue weighted by molar-refractivity contribution is -0.123. The van der Waals surface area contributed by atoms with E-state index in [0.717, 1.165) is 45.1 Å². The summed E-state index contributed by atoms with van der Waals surface area (Å²) in [6.45, 7) is 4.15. The Morgan fingerprint density at radius 2 is 1.95 bits per heavy atom. The van der Waals surface area contributed by atoms with Gasteiger partial charge in [0.25, 0.3) is 0 Å². The smallest absolute Gasteiger partial charge is 0.223 e. The summed E-state index contributed by atoms with van der Waals surface area (Å²) in [5, 5.41) is 6.59. The molecule has 3 fully saturated rings. The number of piperidine rings is 1. The van der Waals surface area contributed by atoms with Crippen LogP contribution in [-0.4, -0.2) is 50.1 Å². The zero-order chi connectivity index (χ0) is 15.4. The van der Waals surface area contributed by atoms with Gasteiger partial charge in [-0.2, -0.15) is 0 Å². The molecule has 1 atom stereocenters. The van der Waals surface area contributed by atoms with Crippen molar-refractivity contribution in [2.45, 2.75) is 63.8 Å². The van der Waals surface area contributed by atoms with Crippen molar-refractivity contribution in [3.05, 3.63) is 0 Å². The van der Waals surface area contributed by atoms with Crippen molar-refractivity contribution >= 4 is 5.91 Å². The van der Waals surface area contributed by atoms with Gasteiger partial charge in [0.05, 0.1) is 0 Å². The third kappa shape index (κ3) is 3.83. The molecule has 126 valence electrons. The van der Waals surface area contributed by atoms with Crippen LogP contribution in [0.5, 0.6) is 0 Å². The highest BCUT2D eigenvalue weighted by molar-refractivity contribution is 5.82. The molecule has 1 unspecified atom stereocenters. The van der Waals surface area contributed by atoms with E-state index in [1.54, 1.807) is 0 Å². The first-order chi connectivity index (χ1) is 10.7. The van der Waals surface area contributed by atoms with Crippen LogP contribution < -0.4 is 10.6 Å². The van der Waals surface area contributed by atoms with E-state index >= 15 is 0 Å². The van der Waals surface area contributed by atoms with Gasteiger partial charge in [0.2, 0.25) is 5.91 Å². The summed E-state index contributed by atoms with van der Waals surface area (Å²) in [7, 11) is 2.25. The van der Waals surface area contributed by atoms with Crippen molar-refractivity contribution in [1.82, 2.24) is 15.5 Å². The van der Waals surface area contributed by atoms with Gasteiger partial charge in [-0.3, -0.25) is 4.79 Å².